The lowest BCUT2D eigenvalue weighted by Crippen LogP contribution is -2.51. The molecular formula is C16H21FN2O7S. The topological polar surface area (TPSA) is 132 Å². The number of amides is 1. The average Bonchev–Trinajstić information content (AvgIpc) is 2.62. The molecular weight excluding hydrogens is 383 g/mol. The Morgan fingerprint density at radius 3 is 2.00 bits per heavy atom. The van der Waals surface area contributed by atoms with Crippen molar-refractivity contribution in [1.82, 2.24) is 9.21 Å². The van der Waals surface area contributed by atoms with E-state index in [0.29, 0.717) is 6.42 Å². The van der Waals surface area contributed by atoms with Crippen LogP contribution in [0.3, 0.4) is 0 Å². The average molecular weight is 404 g/mol. The van der Waals surface area contributed by atoms with Crippen LogP contribution in [-0.2, 0) is 19.6 Å². The van der Waals surface area contributed by atoms with E-state index in [1.54, 1.807) is 6.07 Å². The summed E-state index contributed by atoms with van der Waals surface area (Å²) in [5.74, 6) is -4.47. The van der Waals surface area contributed by atoms with Gasteiger partial charge in [-0.25, -0.2) is 22.4 Å². The predicted octanol–water partition coefficient (Wildman–Crippen LogP) is 0.479. The molecule has 1 amide bonds. The molecule has 0 atom stereocenters. The first-order chi connectivity index (χ1) is 12.6. The highest BCUT2D eigenvalue weighted by Crippen LogP contribution is 2.14. The van der Waals surface area contributed by atoms with Crippen LogP contribution in [0.1, 0.15) is 23.7 Å². The molecule has 0 aromatic heterocycles. The minimum absolute atomic E-state index is 0.0300. The summed E-state index contributed by atoms with van der Waals surface area (Å²) < 4.78 is 38.9. The molecule has 11 heteroatoms. The molecule has 1 aromatic rings. The minimum atomic E-state index is -3.23. The summed E-state index contributed by atoms with van der Waals surface area (Å²) >= 11 is 0. The SMILES string of the molecule is CCCS(=O)(=O)N1CCN(C(=O)c2ccccc2F)CC1.O=C(O)C(=O)O. The number of hydrogen-bond donors (Lipinski definition) is 2. The van der Waals surface area contributed by atoms with Gasteiger partial charge in [-0.05, 0) is 18.6 Å². The lowest BCUT2D eigenvalue weighted by Gasteiger charge is -2.34. The molecule has 2 rings (SSSR count). The molecule has 9 nitrogen and oxygen atoms in total. The summed E-state index contributed by atoms with van der Waals surface area (Å²) in [5.41, 5.74) is 0.0300. The molecule has 0 spiro atoms. The number of halogens is 1. The third-order valence-electron chi connectivity index (χ3n) is 3.67. The first kappa shape index (κ1) is 22.5. The number of sulfonamides is 1. The number of piperazine rings is 1. The highest BCUT2D eigenvalue weighted by atomic mass is 32.2. The van der Waals surface area contributed by atoms with E-state index < -0.39 is 27.8 Å². The van der Waals surface area contributed by atoms with Gasteiger partial charge >= 0.3 is 11.9 Å². The summed E-state index contributed by atoms with van der Waals surface area (Å²) in [7, 11) is -3.23. The van der Waals surface area contributed by atoms with E-state index >= 15 is 0 Å². The van der Waals surface area contributed by atoms with Crippen LogP contribution >= 0.6 is 0 Å². The van der Waals surface area contributed by atoms with Crippen molar-refractivity contribution in [1.29, 1.82) is 0 Å². The van der Waals surface area contributed by atoms with Crippen molar-refractivity contribution < 1.29 is 37.4 Å². The van der Waals surface area contributed by atoms with E-state index in [0.717, 1.165) is 0 Å². The minimum Gasteiger partial charge on any atom is -0.473 e. The van der Waals surface area contributed by atoms with E-state index in [9.17, 15) is 17.6 Å². The maximum absolute atomic E-state index is 13.6. The molecule has 0 aliphatic carbocycles. The fourth-order valence-corrected chi connectivity index (χ4v) is 3.86. The Balaban J connectivity index is 0.000000527. The van der Waals surface area contributed by atoms with Gasteiger partial charge in [-0.15, -0.1) is 0 Å². The quantitative estimate of drug-likeness (QED) is 0.698. The van der Waals surface area contributed by atoms with Crippen molar-refractivity contribution in [3.8, 4) is 0 Å². The summed E-state index contributed by atoms with van der Waals surface area (Å²) in [6.45, 7) is 2.92. The van der Waals surface area contributed by atoms with Crippen molar-refractivity contribution >= 4 is 27.9 Å². The first-order valence-electron chi connectivity index (χ1n) is 8.08. The molecule has 1 aromatic carbocycles. The Morgan fingerprint density at radius 1 is 1.04 bits per heavy atom. The molecule has 0 radical (unpaired) electrons. The van der Waals surface area contributed by atoms with Gasteiger partial charge in [0.2, 0.25) is 10.0 Å². The molecule has 1 fully saturated rings. The Bertz CT molecular complexity index is 778. The second kappa shape index (κ2) is 9.97. The van der Waals surface area contributed by atoms with Gasteiger partial charge in [0.15, 0.2) is 0 Å². The van der Waals surface area contributed by atoms with Crippen molar-refractivity contribution in [3.63, 3.8) is 0 Å². The van der Waals surface area contributed by atoms with Crippen LogP contribution in [0, 0.1) is 5.82 Å². The summed E-state index contributed by atoms with van der Waals surface area (Å²) in [6.07, 6.45) is 0.566. The van der Waals surface area contributed by atoms with E-state index in [-0.39, 0.29) is 43.4 Å². The van der Waals surface area contributed by atoms with Crippen LogP contribution in [0.2, 0.25) is 0 Å². The zero-order valence-electron chi connectivity index (χ0n) is 14.7. The van der Waals surface area contributed by atoms with Gasteiger partial charge in [-0.1, -0.05) is 19.1 Å². The van der Waals surface area contributed by atoms with Crippen LogP contribution in [0.5, 0.6) is 0 Å². The Morgan fingerprint density at radius 2 is 1.56 bits per heavy atom. The van der Waals surface area contributed by atoms with Gasteiger partial charge in [0.05, 0.1) is 11.3 Å². The molecule has 27 heavy (non-hydrogen) atoms. The van der Waals surface area contributed by atoms with Crippen LogP contribution < -0.4 is 0 Å². The zero-order valence-corrected chi connectivity index (χ0v) is 15.5. The van der Waals surface area contributed by atoms with E-state index in [1.165, 1.54) is 27.4 Å². The zero-order chi connectivity index (χ0) is 20.6. The monoisotopic (exact) mass is 404 g/mol. The first-order valence-corrected chi connectivity index (χ1v) is 9.69. The Labute approximate surface area is 156 Å². The number of carboxylic acid groups (broad SMARTS) is 2. The van der Waals surface area contributed by atoms with Crippen LogP contribution in [-0.4, -0.2) is 77.6 Å². The largest absolute Gasteiger partial charge is 0.473 e. The van der Waals surface area contributed by atoms with Gasteiger partial charge in [0.1, 0.15) is 5.82 Å². The molecule has 0 bridgehead atoms. The molecule has 1 heterocycles. The lowest BCUT2D eigenvalue weighted by atomic mass is 10.1. The molecule has 0 unspecified atom stereocenters. The van der Waals surface area contributed by atoms with Crippen LogP contribution in [0.4, 0.5) is 4.39 Å². The number of aliphatic carboxylic acids is 2. The molecule has 1 aliphatic heterocycles. The number of carboxylic acids is 2. The Kier molecular flexibility index (Phi) is 8.32. The van der Waals surface area contributed by atoms with E-state index in [4.69, 9.17) is 19.8 Å². The van der Waals surface area contributed by atoms with Gasteiger partial charge in [-0.3, -0.25) is 4.79 Å². The summed E-state index contributed by atoms with van der Waals surface area (Å²) in [4.78, 5) is 31.9. The molecule has 1 saturated heterocycles. The molecule has 1 aliphatic rings. The number of carbonyl (C=O) groups is 3. The number of hydrogen-bond acceptors (Lipinski definition) is 5. The molecule has 2 N–H and O–H groups in total. The van der Waals surface area contributed by atoms with Crippen molar-refractivity contribution in [2.45, 2.75) is 13.3 Å². The fourth-order valence-electron chi connectivity index (χ4n) is 2.36. The van der Waals surface area contributed by atoms with Crippen LogP contribution in [0.15, 0.2) is 24.3 Å². The molecule has 150 valence electrons. The highest BCUT2D eigenvalue weighted by molar-refractivity contribution is 7.89. The van der Waals surface area contributed by atoms with Gasteiger partial charge in [0.25, 0.3) is 5.91 Å². The van der Waals surface area contributed by atoms with Crippen molar-refractivity contribution in [2.24, 2.45) is 0 Å². The highest BCUT2D eigenvalue weighted by Gasteiger charge is 2.29. The number of benzene rings is 1. The number of rotatable bonds is 4. The predicted molar refractivity (Wildman–Crippen MR) is 93.2 cm³/mol. The van der Waals surface area contributed by atoms with Gasteiger partial charge < -0.3 is 15.1 Å². The fraction of sp³-hybridized carbons (Fsp3) is 0.438. The summed E-state index contributed by atoms with van der Waals surface area (Å²) in [5, 5.41) is 14.8. The van der Waals surface area contributed by atoms with Crippen molar-refractivity contribution in [3.05, 3.63) is 35.6 Å². The number of carbonyl (C=O) groups excluding carboxylic acids is 1. The maximum Gasteiger partial charge on any atom is 0.414 e. The second-order valence-electron chi connectivity index (χ2n) is 5.60. The normalized spacial score (nSPS) is 14.8. The standard InChI is InChI=1S/C14H19FN2O3S.C2H2O4/c1-2-11-21(19,20)17-9-7-16(8-10-17)14(18)12-5-3-4-6-13(12)15;3-1(4)2(5)6/h3-6H,2,7-11H2,1H3;(H,3,4)(H,5,6). The molecule has 0 saturated carbocycles. The van der Waals surface area contributed by atoms with Crippen molar-refractivity contribution in [2.75, 3.05) is 31.9 Å². The van der Waals surface area contributed by atoms with E-state index in [2.05, 4.69) is 0 Å². The van der Waals surface area contributed by atoms with Gasteiger partial charge in [-0.2, -0.15) is 4.31 Å². The third-order valence-corrected chi connectivity index (χ3v) is 5.74. The number of nitrogens with zero attached hydrogens (tertiary/aromatic N) is 2. The summed E-state index contributed by atoms with van der Waals surface area (Å²) in [6, 6.07) is 5.83. The maximum atomic E-state index is 13.6. The second-order valence-corrected chi connectivity index (χ2v) is 7.69. The lowest BCUT2D eigenvalue weighted by molar-refractivity contribution is -0.159. The van der Waals surface area contributed by atoms with E-state index in [1.807, 2.05) is 6.92 Å². The third kappa shape index (κ3) is 6.61. The Hall–Kier alpha value is -2.53. The smallest absolute Gasteiger partial charge is 0.414 e. The van der Waals surface area contributed by atoms with Crippen LogP contribution in [0.25, 0.3) is 0 Å². The van der Waals surface area contributed by atoms with Gasteiger partial charge in [0, 0.05) is 26.2 Å².